The number of thioether (sulfide) groups is 1. The van der Waals surface area contributed by atoms with Gasteiger partial charge in [-0.3, -0.25) is 0 Å². The predicted octanol–water partition coefficient (Wildman–Crippen LogP) is 3.98. The van der Waals surface area contributed by atoms with Crippen molar-refractivity contribution in [2.45, 2.75) is 11.0 Å². The number of nitrogens with zero attached hydrogens (tertiary/aromatic N) is 1. The third-order valence-electron chi connectivity index (χ3n) is 3.72. The summed E-state index contributed by atoms with van der Waals surface area (Å²) in [5.41, 5.74) is 4.40. The highest BCUT2D eigenvalue weighted by molar-refractivity contribution is 7.99. The van der Waals surface area contributed by atoms with Gasteiger partial charge in [-0.2, -0.15) is 0 Å². The van der Waals surface area contributed by atoms with Gasteiger partial charge in [0.15, 0.2) is 0 Å². The van der Waals surface area contributed by atoms with Gasteiger partial charge in [0, 0.05) is 30.4 Å². The number of aliphatic hydroxyl groups is 1. The van der Waals surface area contributed by atoms with Crippen molar-refractivity contribution < 1.29 is 5.11 Å². The molecule has 108 valence electrons. The van der Waals surface area contributed by atoms with E-state index in [1.807, 2.05) is 32.3 Å². The number of anilines is 1. The van der Waals surface area contributed by atoms with Gasteiger partial charge in [-0.25, -0.2) is 0 Å². The van der Waals surface area contributed by atoms with Crippen LogP contribution in [-0.4, -0.2) is 25.0 Å². The molecule has 0 fully saturated rings. The first-order valence-electron chi connectivity index (χ1n) is 7.03. The molecule has 0 aliphatic carbocycles. The van der Waals surface area contributed by atoms with E-state index < -0.39 is 6.10 Å². The fourth-order valence-electron chi connectivity index (χ4n) is 2.48. The SMILES string of the molecule is CN(C)c1ccc(/C=C2\CSc3ccccc3C2O)cc1. The van der Waals surface area contributed by atoms with Crippen LogP contribution in [0, 0.1) is 0 Å². The zero-order chi connectivity index (χ0) is 14.8. The molecule has 0 saturated heterocycles. The van der Waals surface area contributed by atoms with E-state index in [1.54, 1.807) is 11.8 Å². The molecule has 0 radical (unpaired) electrons. The van der Waals surface area contributed by atoms with Crippen molar-refractivity contribution in [3.8, 4) is 0 Å². The lowest BCUT2D eigenvalue weighted by Gasteiger charge is -2.24. The minimum absolute atomic E-state index is 0.490. The first-order valence-corrected chi connectivity index (χ1v) is 8.01. The van der Waals surface area contributed by atoms with Gasteiger partial charge in [0.25, 0.3) is 0 Å². The van der Waals surface area contributed by atoms with E-state index >= 15 is 0 Å². The Kier molecular flexibility index (Phi) is 4.04. The fourth-order valence-corrected chi connectivity index (χ4v) is 3.57. The number of hydrogen-bond acceptors (Lipinski definition) is 3. The number of benzene rings is 2. The average Bonchev–Trinajstić information content (AvgIpc) is 2.51. The van der Waals surface area contributed by atoms with Gasteiger partial charge >= 0.3 is 0 Å². The van der Waals surface area contributed by atoms with Gasteiger partial charge in [0.05, 0.1) is 0 Å². The molecule has 2 nitrogen and oxygen atoms in total. The highest BCUT2D eigenvalue weighted by Crippen LogP contribution is 2.39. The summed E-state index contributed by atoms with van der Waals surface area (Å²) in [5.74, 6) is 0.841. The molecule has 0 bridgehead atoms. The van der Waals surface area contributed by atoms with Gasteiger partial charge in [-0.1, -0.05) is 36.4 Å². The molecule has 1 heterocycles. The van der Waals surface area contributed by atoms with E-state index in [1.165, 1.54) is 10.6 Å². The zero-order valence-corrected chi connectivity index (χ0v) is 13.1. The molecule has 0 amide bonds. The summed E-state index contributed by atoms with van der Waals surface area (Å²) in [6, 6.07) is 16.5. The van der Waals surface area contributed by atoms with Crippen molar-refractivity contribution in [2.24, 2.45) is 0 Å². The molecule has 21 heavy (non-hydrogen) atoms. The normalized spacial score (nSPS) is 19.4. The summed E-state index contributed by atoms with van der Waals surface area (Å²) in [5, 5.41) is 10.5. The molecule has 2 aromatic rings. The molecule has 1 N–H and O–H groups in total. The third-order valence-corrected chi connectivity index (χ3v) is 4.88. The minimum Gasteiger partial charge on any atom is -0.384 e. The van der Waals surface area contributed by atoms with E-state index in [2.05, 4.69) is 41.3 Å². The van der Waals surface area contributed by atoms with Crippen LogP contribution in [0.25, 0.3) is 6.08 Å². The van der Waals surface area contributed by atoms with Crippen LogP contribution in [0.5, 0.6) is 0 Å². The number of aliphatic hydroxyl groups excluding tert-OH is 1. The van der Waals surface area contributed by atoms with Crippen molar-refractivity contribution in [3.05, 3.63) is 65.2 Å². The van der Waals surface area contributed by atoms with Crippen LogP contribution < -0.4 is 4.90 Å². The molecule has 3 heteroatoms. The Bertz CT molecular complexity index is 661. The Hall–Kier alpha value is -1.71. The maximum Gasteiger partial charge on any atom is 0.102 e. The first kappa shape index (κ1) is 14.2. The summed E-state index contributed by atoms with van der Waals surface area (Å²) >= 11 is 1.79. The summed E-state index contributed by atoms with van der Waals surface area (Å²) in [6.07, 6.45) is 1.61. The summed E-state index contributed by atoms with van der Waals surface area (Å²) < 4.78 is 0. The second-order valence-corrected chi connectivity index (χ2v) is 6.45. The highest BCUT2D eigenvalue weighted by atomic mass is 32.2. The molecular formula is C18H19NOS. The molecule has 2 aromatic carbocycles. The summed E-state index contributed by atoms with van der Waals surface area (Å²) in [4.78, 5) is 3.27. The fraction of sp³-hybridized carbons (Fsp3) is 0.222. The van der Waals surface area contributed by atoms with Crippen molar-refractivity contribution in [2.75, 3.05) is 24.7 Å². The van der Waals surface area contributed by atoms with Crippen LogP contribution in [0.2, 0.25) is 0 Å². The highest BCUT2D eigenvalue weighted by Gasteiger charge is 2.22. The molecule has 1 unspecified atom stereocenters. The molecule has 1 aliphatic heterocycles. The van der Waals surface area contributed by atoms with Crippen LogP contribution in [0.15, 0.2) is 59.0 Å². The zero-order valence-electron chi connectivity index (χ0n) is 12.3. The Morgan fingerprint density at radius 2 is 1.81 bits per heavy atom. The maximum atomic E-state index is 10.5. The standard InChI is InChI=1S/C18H19NOS/c1-19(2)15-9-7-13(8-10-15)11-14-12-21-17-6-4-3-5-16(17)18(14)20/h3-11,18,20H,12H2,1-2H3/b14-11+. The van der Waals surface area contributed by atoms with Gasteiger partial charge in [0.2, 0.25) is 0 Å². The second kappa shape index (κ2) is 5.96. The monoisotopic (exact) mass is 297 g/mol. The van der Waals surface area contributed by atoms with E-state index in [0.717, 1.165) is 22.5 Å². The predicted molar refractivity (Wildman–Crippen MR) is 90.9 cm³/mol. The largest absolute Gasteiger partial charge is 0.384 e. The lowest BCUT2D eigenvalue weighted by Crippen LogP contribution is -2.10. The van der Waals surface area contributed by atoms with E-state index in [4.69, 9.17) is 0 Å². The average molecular weight is 297 g/mol. The summed E-state index contributed by atoms with van der Waals surface area (Å²) in [6.45, 7) is 0. The van der Waals surface area contributed by atoms with Gasteiger partial charge < -0.3 is 10.0 Å². The van der Waals surface area contributed by atoms with Crippen LogP contribution in [0.4, 0.5) is 5.69 Å². The van der Waals surface area contributed by atoms with Crippen molar-refractivity contribution >= 4 is 23.5 Å². The molecule has 1 aliphatic rings. The first-order chi connectivity index (χ1) is 10.1. The van der Waals surface area contributed by atoms with E-state index in [0.29, 0.717) is 0 Å². The Morgan fingerprint density at radius 3 is 2.52 bits per heavy atom. The topological polar surface area (TPSA) is 23.5 Å². The van der Waals surface area contributed by atoms with Crippen LogP contribution in [0.3, 0.4) is 0 Å². The molecule has 0 aromatic heterocycles. The van der Waals surface area contributed by atoms with Crippen LogP contribution in [0.1, 0.15) is 17.2 Å². The minimum atomic E-state index is -0.490. The maximum absolute atomic E-state index is 10.5. The Morgan fingerprint density at radius 1 is 1.10 bits per heavy atom. The Balaban J connectivity index is 1.87. The Labute approximate surface area is 130 Å². The van der Waals surface area contributed by atoms with E-state index in [-0.39, 0.29) is 0 Å². The lowest BCUT2D eigenvalue weighted by atomic mass is 10.00. The molecule has 1 atom stereocenters. The molecular weight excluding hydrogens is 278 g/mol. The summed E-state index contributed by atoms with van der Waals surface area (Å²) in [7, 11) is 4.07. The quantitative estimate of drug-likeness (QED) is 0.907. The van der Waals surface area contributed by atoms with E-state index in [9.17, 15) is 5.11 Å². The number of fused-ring (bicyclic) bond motifs is 1. The van der Waals surface area contributed by atoms with Gasteiger partial charge in [0.1, 0.15) is 6.10 Å². The molecule has 0 spiro atoms. The smallest absolute Gasteiger partial charge is 0.102 e. The third kappa shape index (κ3) is 2.99. The van der Waals surface area contributed by atoms with Crippen molar-refractivity contribution in [1.29, 1.82) is 0 Å². The lowest BCUT2D eigenvalue weighted by molar-refractivity contribution is 0.213. The number of hydrogen-bond donors (Lipinski definition) is 1. The molecule has 3 rings (SSSR count). The number of rotatable bonds is 2. The van der Waals surface area contributed by atoms with Crippen molar-refractivity contribution in [1.82, 2.24) is 0 Å². The van der Waals surface area contributed by atoms with Gasteiger partial charge in [-0.05, 0) is 34.9 Å². The van der Waals surface area contributed by atoms with Crippen LogP contribution in [-0.2, 0) is 0 Å². The molecule has 0 saturated carbocycles. The van der Waals surface area contributed by atoms with Crippen molar-refractivity contribution in [3.63, 3.8) is 0 Å². The van der Waals surface area contributed by atoms with Gasteiger partial charge in [-0.15, -0.1) is 11.8 Å². The van der Waals surface area contributed by atoms with Crippen LogP contribution >= 0.6 is 11.8 Å². The second-order valence-electron chi connectivity index (χ2n) is 5.43.